The van der Waals surface area contributed by atoms with E-state index in [1.165, 1.54) is 6.92 Å². The molecular weight excluding hydrogens is 250 g/mol. The van der Waals surface area contributed by atoms with Gasteiger partial charge in [0.15, 0.2) is 0 Å². The molecule has 7 nitrogen and oxygen atoms in total. The molecule has 0 saturated heterocycles. The number of rotatable bonds is 5. The molecule has 0 bridgehead atoms. The fraction of sp³-hybridized carbons (Fsp3) is 0.333. The van der Waals surface area contributed by atoms with Crippen molar-refractivity contribution < 1.29 is 9.85 Å². The standard InChI is InChI=1S/C12H13N3O4/c1-8(15(18)19)11(7-14(16)17)10-6-13-12-5-3-2-4-9(10)12/h2-6,8,11,13H,7H2,1H3. The molecule has 100 valence electrons. The lowest BCUT2D eigenvalue weighted by Crippen LogP contribution is -2.29. The highest BCUT2D eigenvalue weighted by atomic mass is 16.6. The van der Waals surface area contributed by atoms with E-state index in [0.29, 0.717) is 5.56 Å². The molecule has 2 aromatic rings. The molecule has 1 heterocycles. The Morgan fingerprint density at radius 3 is 2.58 bits per heavy atom. The first-order chi connectivity index (χ1) is 9.00. The molecule has 19 heavy (non-hydrogen) atoms. The summed E-state index contributed by atoms with van der Waals surface area (Å²) in [4.78, 5) is 23.7. The highest BCUT2D eigenvalue weighted by Crippen LogP contribution is 2.29. The van der Waals surface area contributed by atoms with Crippen molar-refractivity contribution >= 4 is 10.9 Å². The van der Waals surface area contributed by atoms with Gasteiger partial charge in [-0.2, -0.15) is 0 Å². The normalized spacial score (nSPS) is 14.2. The van der Waals surface area contributed by atoms with E-state index < -0.39 is 28.4 Å². The lowest BCUT2D eigenvalue weighted by molar-refractivity contribution is -0.543. The molecule has 0 saturated carbocycles. The second kappa shape index (κ2) is 5.05. The van der Waals surface area contributed by atoms with Crippen molar-refractivity contribution in [3.63, 3.8) is 0 Å². The van der Waals surface area contributed by atoms with Gasteiger partial charge in [0.1, 0.15) is 5.92 Å². The van der Waals surface area contributed by atoms with Crippen LogP contribution in [0.1, 0.15) is 18.4 Å². The zero-order valence-electron chi connectivity index (χ0n) is 10.3. The number of nitrogens with one attached hydrogen (secondary N) is 1. The Balaban J connectivity index is 2.48. The molecular formula is C12H13N3O4. The molecule has 0 aliphatic rings. The third-order valence-corrected chi connectivity index (χ3v) is 3.28. The van der Waals surface area contributed by atoms with E-state index in [-0.39, 0.29) is 0 Å². The van der Waals surface area contributed by atoms with E-state index in [0.717, 1.165) is 10.9 Å². The summed E-state index contributed by atoms with van der Waals surface area (Å²) in [6.07, 6.45) is 1.62. The summed E-state index contributed by atoms with van der Waals surface area (Å²) in [5.74, 6) is -0.749. The van der Waals surface area contributed by atoms with Crippen LogP contribution in [-0.2, 0) is 0 Å². The average Bonchev–Trinajstić information content (AvgIpc) is 2.78. The smallest absolute Gasteiger partial charge is 0.223 e. The zero-order valence-corrected chi connectivity index (χ0v) is 10.3. The van der Waals surface area contributed by atoms with Gasteiger partial charge in [-0.25, -0.2) is 0 Å². The Morgan fingerprint density at radius 1 is 1.26 bits per heavy atom. The van der Waals surface area contributed by atoms with Crippen LogP contribution in [0, 0.1) is 20.2 Å². The molecule has 7 heteroatoms. The number of benzene rings is 1. The fourth-order valence-corrected chi connectivity index (χ4v) is 2.22. The van der Waals surface area contributed by atoms with Crippen molar-refractivity contribution in [2.24, 2.45) is 0 Å². The van der Waals surface area contributed by atoms with Crippen LogP contribution >= 0.6 is 0 Å². The van der Waals surface area contributed by atoms with Crippen LogP contribution in [0.4, 0.5) is 0 Å². The van der Waals surface area contributed by atoms with E-state index in [4.69, 9.17) is 0 Å². The molecule has 1 aromatic carbocycles. The van der Waals surface area contributed by atoms with Crippen LogP contribution in [-0.4, -0.2) is 27.4 Å². The second-order valence-electron chi connectivity index (χ2n) is 4.44. The Labute approximate surface area is 108 Å². The number of hydrogen-bond acceptors (Lipinski definition) is 4. The van der Waals surface area contributed by atoms with Gasteiger partial charge in [0, 0.05) is 33.9 Å². The third-order valence-electron chi connectivity index (χ3n) is 3.28. The van der Waals surface area contributed by atoms with Gasteiger partial charge in [0.25, 0.3) is 0 Å². The first kappa shape index (κ1) is 13.0. The summed E-state index contributed by atoms with van der Waals surface area (Å²) in [5, 5.41) is 22.5. The summed E-state index contributed by atoms with van der Waals surface area (Å²) in [6.45, 7) is 0.944. The maximum atomic E-state index is 10.9. The quantitative estimate of drug-likeness (QED) is 0.659. The van der Waals surface area contributed by atoms with Crippen molar-refractivity contribution in [3.05, 3.63) is 56.3 Å². The van der Waals surface area contributed by atoms with Crippen molar-refractivity contribution in [1.29, 1.82) is 0 Å². The zero-order chi connectivity index (χ0) is 14.0. The summed E-state index contributed by atoms with van der Waals surface area (Å²) >= 11 is 0. The topological polar surface area (TPSA) is 102 Å². The molecule has 0 amide bonds. The monoisotopic (exact) mass is 263 g/mol. The predicted molar refractivity (Wildman–Crippen MR) is 69.4 cm³/mol. The number of nitro groups is 2. The maximum Gasteiger partial charge on any atom is 0.223 e. The molecule has 0 radical (unpaired) electrons. The Morgan fingerprint density at radius 2 is 1.95 bits per heavy atom. The van der Waals surface area contributed by atoms with Gasteiger partial charge in [-0.3, -0.25) is 20.2 Å². The molecule has 1 N–H and O–H groups in total. The van der Waals surface area contributed by atoms with Crippen molar-refractivity contribution in [2.45, 2.75) is 18.9 Å². The molecule has 0 aliphatic carbocycles. The van der Waals surface area contributed by atoms with Gasteiger partial charge < -0.3 is 4.98 Å². The average molecular weight is 263 g/mol. The maximum absolute atomic E-state index is 10.9. The summed E-state index contributed by atoms with van der Waals surface area (Å²) in [7, 11) is 0. The van der Waals surface area contributed by atoms with Gasteiger partial charge in [-0.05, 0) is 11.6 Å². The largest absolute Gasteiger partial charge is 0.361 e. The minimum atomic E-state index is -1.01. The van der Waals surface area contributed by atoms with Crippen molar-refractivity contribution in [2.75, 3.05) is 6.54 Å². The SMILES string of the molecule is CC(C(C[N+](=O)[O-])c1c[nH]c2ccccc12)[N+](=O)[O-]. The molecule has 0 aliphatic heterocycles. The van der Waals surface area contributed by atoms with Gasteiger partial charge in [-0.1, -0.05) is 18.2 Å². The number of para-hydroxylation sites is 1. The third kappa shape index (κ3) is 2.54. The van der Waals surface area contributed by atoms with Crippen molar-refractivity contribution in [3.8, 4) is 0 Å². The molecule has 1 aromatic heterocycles. The van der Waals surface area contributed by atoms with Crippen LogP contribution in [0.3, 0.4) is 0 Å². The Bertz CT molecular complexity index is 622. The van der Waals surface area contributed by atoms with Gasteiger partial charge in [0.05, 0.1) is 0 Å². The Kier molecular flexibility index (Phi) is 3.46. The highest BCUT2D eigenvalue weighted by Gasteiger charge is 2.34. The highest BCUT2D eigenvalue weighted by molar-refractivity contribution is 5.83. The van der Waals surface area contributed by atoms with Crippen molar-refractivity contribution in [1.82, 2.24) is 4.98 Å². The van der Waals surface area contributed by atoms with Gasteiger partial charge >= 0.3 is 0 Å². The van der Waals surface area contributed by atoms with E-state index in [2.05, 4.69) is 4.98 Å². The van der Waals surface area contributed by atoms with E-state index >= 15 is 0 Å². The first-order valence-electron chi connectivity index (χ1n) is 5.82. The lowest BCUT2D eigenvalue weighted by atomic mass is 9.92. The van der Waals surface area contributed by atoms with Gasteiger partial charge in [-0.15, -0.1) is 0 Å². The number of aromatic nitrogens is 1. The molecule has 0 fully saturated rings. The lowest BCUT2D eigenvalue weighted by Gasteiger charge is -2.13. The van der Waals surface area contributed by atoms with Crippen LogP contribution in [0.5, 0.6) is 0 Å². The van der Waals surface area contributed by atoms with Crippen LogP contribution < -0.4 is 0 Å². The minimum Gasteiger partial charge on any atom is -0.361 e. The summed E-state index contributed by atoms with van der Waals surface area (Å²) in [5.41, 5.74) is 1.44. The molecule has 2 rings (SSSR count). The fourth-order valence-electron chi connectivity index (χ4n) is 2.22. The minimum absolute atomic E-state index is 0.454. The van der Waals surface area contributed by atoms with E-state index in [1.807, 2.05) is 12.1 Å². The number of aromatic amines is 1. The van der Waals surface area contributed by atoms with Crippen LogP contribution in [0.2, 0.25) is 0 Å². The van der Waals surface area contributed by atoms with E-state index in [1.54, 1.807) is 18.3 Å². The first-order valence-corrected chi connectivity index (χ1v) is 5.82. The Hall–Kier alpha value is -2.44. The number of nitrogens with zero attached hydrogens (tertiary/aromatic N) is 2. The van der Waals surface area contributed by atoms with E-state index in [9.17, 15) is 20.2 Å². The van der Waals surface area contributed by atoms with Gasteiger partial charge in [0.2, 0.25) is 12.6 Å². The molecule has 0 spiro atoms. The van der Waals surface area contributed by atoms with Crippen LogP contribution in [0.25, 0.3) is 10.9 Å². The summed E-state index contributed by atoms with van der Waals surface area (Å²) < 4.78 is 0. The number of H-pyrrole nitrogens is 1. The summed E-state index contributed by atoms with van der Waals surface area (Å²) in [6, 6.07) is 6.27. The molecule has 2 unspecified atom stereocenters. The second-order valence-corrected chi connectivity index (χ2v) is 4.44. The predicted octanol–water partition coefficient (Wildman–Crippen LogP) is 2.19. The number of hydrogen-bond donors (Lipinski definition) is 1. The molecule has 2 atom stereocenters. The number of fused-ring (bicyclic) bond motifs is 1. The van der Waals surface area contributed by atoms with Crippen LogP contribution in [0.15, 0.2) is 30.5 Å².